The fourth-order valence-corrected chi connectivity index (χ4v) is 3.71. The average molecular weight is 407 g/mol. The van der Waals surface area contributed by atoms with E-state index in [2.05, 4.69) is 10.4 Å². The number of para-hydroxylation sites is 1. The van der Waals surface area contributed by atoms with Crippen LogP contribution in [0, 0.1) is 6.92 Å². The Morgan fingerprint density at radius 3 is 2.52 bits per heavy atom. The third kappa shape index (κ3) is 3.48. The van der Waals surface area contributed by atoms with Crippen LogP contribution in [-0.4, -0.2) is 25.1 Å². The number of rotatable bonds is 4. The molecule has 0 saturated carbocycles. The molecule has 5 rings (SSSR count). The number of carbonyl (C=O) groups is 1. The SMILES string of the molecule is Cc1cccn2cc(-c3ccccc3NC(=O)c3cc(-c4ccccc4)nn3C)nc12. The minimum atomic E-state index is -0.218. The predicted octanol–water partition coefficient (Wildman–Crippen LogP) is 4.96. The fourth-order valence-electron chi connectivity index (χ4n) is 3.71. The summed E-state index contributed by atoms with van der Waals surface area (Å²) in [5, 5.41) is 7.54. The van der Waals surface area contributed by atoms with Gasteiger partial charge in [-0.1, -0.05) is 54.6 Å². The van der Waals surface area contributed by atoms with Crippen molar-refractivity contribution in [3.05, 3.63) is 96.4 Å². The van der Waals surface area contributed by atoms with Gasteiger partial charge in [-0.25, -0.2) is 4.98 Å². The lowest BCUT2D eigenvalue weighted by molar-refractivity contribution is 0.101. The molecule has 31 heavy (non-hydrogen) atoms. The molecule has 6 heteroatoms. The van der Waals surface area contributed by atoms with Crippen molar-refractivity contribution >= 4 is 17.2 Å². The number of pyridine rings is 1. The second-order valence-electron chi connectivity index (χ2n) is 7.45. The minimum Gasteiger partial charge on any atom is -0.320 e. The fraction of sp³-hybridized carbons (Fsp3) is 0.0800. The summed E-state index contributed by atoms with van der Waals surface area (Å²) in [6.07, 6.45) is 3.95. The van der Waals surface area contributed by atoms with Gasteiger partial charge in [0.2, 0.25) is 0 Å². The zero-order valence-electron chi connectivity index (χ0n) is 17.3. The molecule has 1 N–H and O–H groups in total. The highest BCUT2D eigenvalue weighted by molar-refractivity contribution is 6.05. The smallest absolute Gasteiger partial charge is 0.273 e. The number of aromatic nitrogens is 4. The van der Waals surface area contributed by atoms with Crippen LogP contribution in [0.5, 0.6) is 0 Å². The number of nitrogens with one attached hydrogen (secondary N) is 1. The Kier molecular flexibility index (Phi) is 4.59. The highest BCUT2D eigenvalue weighted by Crippen LogP contribution is 2.29. The Morgan fingerprint density at radius 2 is 1.71 bits per heavy atom. The largest absolute Gasteiger partial charge is 0.320 e. The Labute approximate surface area is 179 Å². The maximum atomic E-state index is 13.1. The van der Waals surface area contributed by atoms with Crippen LogP contribution in [0.4, 0.5) is 5.69 Å². The van der Waals surface area contributed by atoms with Gasteiger partial charge in [-0.2, -0.15) is 5.10 Å². The van der Waals surface area contributed by atoms with E-state index in [0.29, 0.717) is 11.4 Å². The molecule has 152 valence electrons. The molecule has 1 amide bonds. The van der Waals surface area contributed by atoms with E-state index in [4.69, 9.17) is 4.98 Å². The van der Waals surface area contributed by atoms with E-state index in [-0.39, 0.29) is 5.91 Å². The van der Waals surface area contributed by atoms with E-state index < -0.39 is 0 Å². The van der Waals surface area contributed by atoms with Crippen LogP contribution in [0.25, 0.3) is 28.2 Å². The molecular weight excluding hydrogens is 386 g/mol. The van der Waals surface area contributed by atoms with Gasteiger partial charge in [0.1, 0.15) is 11.3 Å². The van der Waals surface area contributed by atoms with Crippen molar-refractivity contribution in [2.75, 3.05) is 5.32 Å². The molecule has 0 saturated heterocycles. The number of nitrogens with zero attached hydrogens (tertiary/aromatic N) is 4. The van der Waals surface area contributed by atoms with E-state index in [1.807, 2.05) is 96.5 Å². The number of amides is 1. The van der Waals surface area contributed by atoms with Crippen LogP contribution in [0.1, 0.15) is 16.1 Å². The second-order valence-corrected chi connectivity index (χ2v) is 7.45. The van der Waals surface area contributed by atoms with Crippen LogP contribution >= 0.6 is 0 Å². The molecule has 0 bridgehead atoms. The Hall–Kier alpha value is -4.19. The lowest BCUT2D eigenvalue weighted by Crippen LogP contribution is -2.16. The van der Waals surface area contributed by atoms with Crippen molar-refractivity contribution in [1.82, 2.24) is 19.2 Å². The number of hydrogen-bond donors (Lipinski definition) is 1. The molecule has 6 nitrogen and oxygen atoms in total. The first-order valence-electron chi connectivity index (χ1n) is 10.0. The van der Waals surface area contributed by atoms with E-state index >= 15 is 0 Å². The maximum absolute atomic E-state index is 13.1. The summed E-state index contributed by atoms with van der Waals surface area (Å²) in [6.45, 7) is 2.03. The number of hydrogen-bond acceptors (Lipinski definition) is 3. The standard InChI is InChI=1S/C25H21N5O/c1-17-9-8-14-30-16-22(26-24(17)30)19-12-6-7-13-20(19)27-25(31)23-15-21(28-29(23)2)18-10-4-3-5-11-18/h3-16H,1-2H3,(H,27,31). The molecule has 0 unspecified atom stereocenters. The molecule has 0 atom stereocenters. The molecular formula is C25H21N5O. The van der Waals surface area contributed by atoms with Crippen molar-refractivity contribution in [1.29, 1.82) is 0 Å². The molecule has 0 aliphatic carbocycles. The van der Waals surface area contributed by atoms with E-state index in [1.165, 1.54) is 0 Å². The second kappa shape index (κ2) is 7.57. The average Bonchev–Trinajstić information content (AvgIpc) is 3.39. The van der Waals surface area contributed by atoms with Gasteiger partial charge in [-0.3, -0.25) is 9.48 Å². The van der Waals surface area contributed by atoms with Gasteiger partial charge in [-0.05, 0) is 30.7 Å². The minimum absolute atomic E-state index is 0.218. The van der Waals surface area contributed by atoms with Crippen molar-refractivity contribution in [3.63, 3.8) is 0 Å². The molecule has 0 aliphatic rings. The first-order chi connectivity index (χ1) is 15.1. The van der Waals surface area contributed by atoms with Crippen LogP contribution < -0.4 is 5.32 Å². The summed E-state index contributed by atoms with van der Waals surface area (Å²) in [6, 6.07) is 23.4. The van der Waals surface area contributed by atoms with Crippen molar-refractivity contribution in [2.45, 2.75) is 6.92 Å². The quantitative estimate of drug-likeness (QED) is 0.458. The normalized spacial score (nSPS) is 11.0. The lowest BCUT2D eigenvalue weighted by atomic mass is 10.1. The Morgan fingerprint density at radius 1 is 0.935 bits per heavy atom. The predicted molar refractivity (Wildman–Crippen MR) is 122 cm³/mol. The Bertz CT molecular complexity index is 1400. The highest BCUT2D eigenvalue weighted by atomic mass is 16.2. The topological polar surface area (TPSA) is 64.2 Å². The van der Waals surface area contributed by atoms with Crippen LogP contribution in [-0.2, 0) is 7.05 Å². The number of carbonyl (C=O) groups excluding carboxylic acids is 1. The van der Waals surface area contributed by atoms with Gasteiger partial charge >= 0.3 is 0 Å². The molecule has 0 spiro atoms. The van der Waals surface area contributed by atoms with Gasteiger partial charge in [0, 0.05) is 30.6 Å². The molecule has 2 aromatic carbocycles. The summed E-state index contributed by atoms with van der Waals surface area (Å²) in [5.74, 6) is -0.218. The molecule has 0 aliphatic heterocycles. The summed E-state index contributed by atoms with van der Waals surface area (Å²) >= 11 is 0. The zero-order chi connectivity index (χ0) is 21.4. The maximum Gasteiger partial charge on any atom is 0.273 e. The van der Waals surface area contributed by atoms with Crippen LogP contribution in [0.3, 0.4) is 0 Å². The number of fused-ring (bicyclic) bond motifs is 1. The van der Waals surface area contributed by atoms with E-state index in [0.717, 1.165) is 33.7 Å². The summed E-state index contributed by atoms with van der Waals surface area (Å²) in [4.78, 5) is 17.9. The number of imidazole rings is 1. The van der Waals surface area contributed by atoms with Crippen LogP contribution in [0.15, 0.2) is 85.2 Å². The molecule has 5 aromatic rings. The number of aryl methyl sites for hydroxylation is 2. The lowest BCUT2D eigenvalue weighted by Gasteiger charge is -2.09. The van der Waals surface area contributed by atoms with Crippen LogP contribution in [0.2, 0.25) is 0 Å². The van der Waals surface area contributed by atoms with Gasteiger partial charge < -0.3 is 9.72 Å². The van der Waals surface area contributed by atoms with Gasteiger partial charge in [0.25, 0.3) is 5.91 Å². The molecule has 3 aromatic heterocycles. The summed E-state index contributed by atoms with van der Waals surface area (Å²) in [5.41, 5.74) is 6.59. The summed E-state index contributed by atoms with van der Waals surface area (Å²) < 4.78 is 3.60. The third-order valence-electron chi connectivity index (χ3n) is 5.31. The van der Waals surface area contributed by atoms with Crippen molar-refractivity contribution < 1.29 is 4.79 Å². The van der Waals surface area contributed by atoms with Gasteiger partial charge in [0.05, 0.1) is 17.1 Å². The first kappa shape index (κ1) is 18.8. The number of anilines is 1. The zero-order valence-corrected chi connectivity index (χ0v) is 17.3. The molecule has 0 radical (unpaired) electrons. The highest BCUT2D eigenvalue weighted by Gasteiger charge is 2.17. The Balaban J connectivity index is 1.48. The first-order valence-corrected chi connectivity index (χ1v) is 10.0. The van der Waals surface area contributed by atoms with E-state index in [9.17, 15) is 4.79 Å². The van der Waals surface area contributed by atoms with Crippen molar-refractivity contribution in [2.24, 2.45) is 7.05 Å². The monoisotopic (exact) mass is 407 g/mol. The van der Waals surface area contributed by atoms with Crippen molar-refractivity contribution in [3.8, 4) is 22.5 Å². The van der Waals surface area contributed by atoms with Gasteiger partial charge in [0.15, 0.2) is 0 Å². The third-order valence-corrected chi connectivity index (χ3v) is 5.31. The number of benzene rings is 2. The molecule has 0 fully saturated rings. The summed E-state index contributed by atoms with van der Waals surface area (Å²) in [7, 11) is 1.78. The van der Waals surface area contributed by atoms with Gasteiger partial charge in [-0.15, -0.1) is 0 Å². The molecule has 3 heterocycles. The van der Waals surface area contributed by atoms with E-state index in [1.54, 1.807) is 11.7 Å².